The number of carbonyl (C=O) groups is 1. The van der Waals surface area contributed by atoms with E-state index in [1.165, 1.54) is 11.8 Å². The molecule has 0 fully saturated rings. The second-order valence-corrected chi connectivity index (χ2v) is 5.36. The normalized spacial score (nSPS) is 12.2. The largest absolute Gasteiger partial charge is 0.497 e. The van der Waals surface area contributed by atoms with Crippen LogP contribution in [0.15, 0.2) is 29.4 Å². The molecule has 2 rings (SSSR count). The average molecular weight is 292 g/mol. The van der Waals surface area contributed by atoms with E-state index in [1.807, 2.05) is 6.92 Å². The number of aromatic nitrogens is 4. The van der Waals surface area contributed by atoms with Gasteiger partial charge in [-0.05, 0) is 41.1 Å². The van der Waals surface area contributed by atoms with Gasteiger partial charge in [0.2, 0.25) is 5.16 Å². The first kappa shape index (κ1) is 14.5. The van der Waals surface area contributed by atoms with Gasteiger partial charge in [-0.25, -0.2) is 4.68 Å². The van der Waals surface area contributed by atoms with E-state index in [4.69, 9.17) is 4.74 Å². The van der Waals surface area contributed by atoms with E-state index in [0.717, 1.165) is 5.75 Å². The van der Waals surface area contributed by atoms with Crippen LogP contribution in [0.3, 0.4) is 0 Å². The number of thioether (sulfide) groups is 1. The number of benzene rings is 1. The third kappa shape index (κ3) is 3.16. The van der Waals surface area contributed by atoms with Crippen molar-refractivity contribution in [3.8, 4) is 5.75 Å². The summed E-state index contributed by atoms with van der Waals surface area (Å²) >= 11 is 1.38. The summed E-state index contributed by atoms with van der Waals surface area (Å²) in [6, 6.07) is 7.13. The van der Waals surface area contributed by atoms with Crippen molar-refractivity contribution in [3.63, 3.8) is 0 Å². The number of rotatable bonds is 6. The van der Waals surface area contributed by atoms with Crippen molar-refractivity contribution in [1.29, 1.82) is 0 Å². The molecule has 6 nitrogen and oxygen atoms in total. The van der Waals surface area contributed by atoms with Gasteiger partial charge in [0.25, 0.3) is 0 Å². The Morgan fingerprint density at radius 2 is 2.10 bits per heavy atom. The Hall–Kier alpha value is -1.89. The number of aryl methyl sites for hydroxylation is 1. The Morgan fingerprint density at radius 3 is 2.60 bits per heavy atom. The van der Waals surface area contributed by atoms with Gasteiger partial charge >= 0.3 is 0 Å². The molecule has 1 atom stereocenters. The van der Waals surface area contributed by atoms with Crippen LogP contribution in [0, 0.1) is 0 Å². The minimum Gasteiger partial charge on any atom is -0.497 e. The van der Waals surface area contributed by atoms with E-state index in [1.54, 1.807) is 43.1 Å². The van der Waals surface area contributed by atoms with Crippen molar-refractivity contribution in [2.75, 3.05) is 7.11 Å². The molecule has 0 radical (unpaired) electrons. The lowest BCUT2D eigenvalue weighted by atomic mass is 10.1. The molecular formula is C13H16N4O2S. The molecule has 1 heterocycles. The average Bonchev–Trinajstić information content (AvgIpc) is 2.89. The van der Waals surface area contributed by atoms with Gasteiger partial charge in [-0.1, -0.05) is 18.7 Å². The van der Waals surface area contributed by atoms with E-state index in [2.05, 4.69) is 15.5 Å². The molecule has 0 unspecified atom stereocenters. The molecular weight excluding hydrogens is 276 g/mol. The van der Waals surface area contributed by atoms with Gasteiger partial charge in [0.1, 0.15) is 5.75 Å². The number of tetrazole rings is 1. The molecule has 1 aromatic carbocycles. The smallest absolute Gasteiger partial charge is 0.209 e. The molecule has 0 aliphatic rings. The first-order valence-corrected chi connectivity index (χ1v) is 7.11. The van der Waals surface area contributed by atoms with E-state index < -0.39 is 0 Å². The molecule has 0 saturated heterocycles. The predicted molar refractivity (Wildman–Crippen MR) is 76.1 cm³/mol. The Balaban J connectivity index is 2.14. The van der Waals surface area contributed by atoms with Crippen LogP contribution in [0.1, 0.15) is 23.7 Å². The van der Waals surface area contributed by atoms with Gasteiger partial charge in [0.15, 0.2) is 5.78 Å². The lowest BCUT2D eigenvalue weighted by Crippen LogP contribution is -2.17. The van der Waals surface area contributed by atoms with Crippen molar-refractivity contribution < 1.29 is 9.53 Å². The van der Waals surface area contributed by atoms with Crippen LogP contribution in [-0.4, -0.2) is 38.4 Å². The van der Waals surface area contributed by atoms with Crippen molar-refractivity contribution in [1.82, 2.24) is 20.2 Å². The zero-order valence-corrected chi connectivity index (χ0v) is 12.4. The van der Waals surface area contributed by atoms with Gasteiger partial charge in [0, 0.05) is 12.6 Å². The second-order valence-electron chi connectivity index (χ2n) is 4.19. The summed E-state index contributed by atoms with van der Waals surface area (Å²) < 4.78 is 6.65. The molecule has 0 spiro atoms. The monoisotopic (exact) mass is 292 g/mol. The molecule has 0 aliphatic carbocycles. The van der Waals surface area contributed by atoms with Gasteiger partial charge in [-0.15, -0.1) is 5.10 Å². The Morgan fingerprint density at radius 1 is 1.40 bits per heavy atom. The van der Waals surface area contributed by atoms with Crippen molar-refractivity contribution in [3.05, 3.63) is 29.8 Å². The second kappa shape index (κ2) is 6.51. The van der Waals surface area contributed by atoms with Crippen LogP contribution in [0.5, 0.6) is 5.75 Å². The van der Waals surface area contributed by atoms with Gasteiger partial charge < -0.3 is 4.74 Å². The summed E-state index contributed by atoms with van der Waals surface area (Å²) in [7, 11) is 3.36. The van der Waals surface area contributed by atoms with Crippen LogP contribution >= 0.6 is 11.8 Å². The summed E-state index contributed by atoms with van der Waals surface area (Å²) in [5, 5.41) is 11.7. The Labute approximate surface area is 121 Å². The Bertz CT molecular complexity index is 582. The minimum atomic E-state index is -0.201. The SMILES string of the molecule is CC[C@@H](Sc1nnnn1C)C(=O)c1ccc(OC)cc1. The van der Waals surface area contributed by atoms with Crippen molar-refractivity contribution in [2.24, 2.45) is 7.05 Å². The van der Waals surface area contributed by atoms with Crippen LogP contribution < -0.4 is 4.74 Å². The number of Topliss-reactive ketones (excluding diaryl/α,β-unsaturated/α-hetero) is 1. The summed E-state index contributed by atoms with van der Waals surface area (Å²) in [6.45, 7) is 1.98. The highest BCUT2D eigenvalue weighted by atomic mass is 32.2. The first-order chi connectivity index (χ1) is 9.65. The lowest BCUT2D eigenvalue weighted by molar-refractivity contribution is 0.0988. The highest BCUT2D eigenvalue weighted by Crippen LogP contribution is 2.26. The molecule has 2 aromatic rings. The predicted octanol–water partition coefficient (Wildman–Crippen LogP) is 1.97. The number of hydrogen-bond donors (Lipinski definition) is 0. The van der Waals surface area contributed by atoms with E-state index >= 15 is 0 Å². The molecule has 0 bridgehead atoms. The maximum atomic E-state index is 12.5. The molecule has 106 valence electrons. The molecule has 0 amide bonds. The van der Waals surface area contributed by atoms with E-state index in [0.29, 0.717) is 17.1 Å². The number of ether oxygens (including phenoxy) is 1. The quantitative estimate of drug-likeness (QED) is 0.599. The van der Waals surface area contributed by atoms with E-state index in [9.17, 15) is 4.79 Å². The van der Waals surface area contributed by atoms with Gasteiger partial charge in [-0.3, -0.25) is 4.79 Å². The first-order valence-electron chi connectivity index (χ1n) is 6.23. The van der Waals surface area contributed by atoms with Crippen LogP contribution in [-0.2, 0) is 7.05 Å². The maximum absolute atomic E-state index is 12.5. The zero-order chi connectivity index (χ0) is 14.5. The number of ketones is 1. The molecule has 0 aliphatic heterocycles. The van der Waals surface area contributed by atoms with Gasteiger partial charge in [-0.2, -0.15) is 0 Å². The molecule has 1 aromatic heterocycles. The molecule has 0 N–H and O–H groups in total. The number of nitrogens with zero attached hydrogens (tertiary/aromatic N) is 4. The van der Waals surface area contributed by atoms with Crippen molar-refractivity contribution >= 4 is 17.5 Å². The standard InChI is InChI=1S/C13H16N4O2S/c1-4-11(20-13-14-15-16-17(13)2)12(18)9-5-7-10(19-3)8-6-9/h5-8,11H,4H2,1-3H3/t11-/m1/s1. The number of hydrogen-bond acceptors (Lipinski definition) is 6. The highest BCUT2D eigenvalue weighted by molar-refractivity contribution is 8.00. The molecule has 20 heavy (non-hydrogen) atoms. The lowest BCUT2D eigenvalue weighted by Gasteiger charge is -2.12. The topological polar surface area (TPSA) is 69.9 Å². The molecule has 0 saturated carbocycles. The number of methoxy groups -OCH3 is 1. The maximum Gasteiger partial charge on any atom is 0.209 e. The van der Waals surface area contributed by atoms with Crippen LogP contribution in [0.2, 0.25) is 0 Å². The number of carbonyl (C=O) groups excluding carboxylic acids is 1. The molecule has 7 heteroatoms. The van der Waals surface area contributed by atoms with E-state index in [-0.39, 0.29) is 11.0 Å². The summed E-state index contributed by atoms with van der Waals surface area (Å²) in [4.78, 5) is 12.5. The van der Waals surface area contributed by atoms with Crippen molar-refractivity contribution in [2.45, 2.75) is 23.8 Å². The third-order valence-electron chi connectivity index (χ3n) is 2.87. The fourth-order valence-corrected chi connectivity index (χ4v) is 2.65. The zero-order valence-electron chi connectivity index (χ0n) is 11.6. The van der Waals surface area contributed by atoms with Crippen LogP contribution in [0.25, 0.3) is 0 Å². The highest BCUT2D eigenvalue weighted by Gasteiger charge is 2.22. The fourth-order valence-electron chi connectivity index (χ4n) is 1.71. The fraction of sp³-hybridized carbons (Fsp3) is 0.385. The van der Waals surface area contributed by atoms with Gasteiger partial charge in [0.05, 0.1) is 12.4 Å². The summed E-state index contributed by atoms with van der Waals surface area (Å²) in [5.41, 5.74) is 0.667. The minimum absolute atomic E-state index is 0.0724. The third-order valence-corrected chi connectivity index (χ3v) is 4.26. The Kier molecular flexibility index (Phi) is 4.73. The summed E-state index contributed by atoms with van der Waals surface area (Å²) in [6.07, 6.45) is 0.711. The summed E-state index contributed by atoms with van der Waals surface area (Å²) in [5.74, 6) is 0.808. The van der Waals surface area contributed by atoms with Crippen LogP contribution in [0.4, 0.5) is 0 Å².